The largest absolute Gasteiger partial charge is 0.308 e. The highest BCUT2D eigenvalue weighted by atomic mass is 127. The zero-order chi connectivity index (χ0) is 21.3. The minimum absolute atomic E-state index is 0.625. The number of aryl methyl sites for hydroxylation is 2. The second-order valence-electron chi connectivity index (χ2n) is 7.31. The summed E-state index contributed by atoms with van der Waals surface area (Å²) in [4.78, 5) is 18.5. The van der Waals surface area contributed by atoms with Gasteiger partial charge < -0.3 is 4.57 Å². The van der Waals surface area contributed by atoms with Gasteiger partial charge in [0.1, 0.15) is 17.4 Å². The Morgan fingerprint density at radius 2 is 2.10 bits per heavy atom. The molecule has 0 spiro atoms. The fourth-order valence-electron chi connectivity index (χ4n) is 3.54. The van der Waals surface area contributed by atoms with Gasteiger partial charge in [-0.25, -0.2) is 9.97 Å². The van der Waals surface area contributed by atoms with E-state index in [2.05, 4.69) is 78.0 Å². The first-order valence-electron chi connectivity index (χ1n) is 9.78. The van der Waals surface area contributed by atoms with Gasteiger partial charge in [-0.2, -0.15) is 5.26 Å². The lowest BCUT2D eigenvalue weighted by Gasteiger charge is -2.18. The highest BCUT2D eigenvalue weighted by Crippen LogP contribution is 2.43. The molecule has 0 aliphatic carbocycles. The van der Waals surface area contributed by atoms with Crippen LogP contribution in [0.25, 0.3) is 11.2 Å². The van der Waals surface area contributed by atoms with Crippen molar-refractivity contribution in [1.29, 1.82) is 5.26 Å². The fourth-order valence-corrected chi connectivity index (χ4v) is 4.61. The number of halogens is 2. The Morgan fingerprint density at radius 1 is 1.27 bits per heavy atom. The summed E-state index contributed by atoms with van der Waals surface area (Å²) in [6, 6.07) is 8.22. The highest BCUT2D eigenvalue weighted by molar-refractivity contribution is 14.1. The average molecular weight is 575 g/mol. The molecule has 1 atom stereocenters. The summed E-state index contributed by atoms with van der Waals surface area (Å²) in [5.41, 5.74) is 3.59. The normalized spacial score (nSPS) is 18.4. The number of nitriles is 1. The van der Waals surface area contributed by atoms with Gasteiger partial charge in [0.15, 0.2) is 5.65 Å². The molecule has 1 aliphatic rings. The number of nitrogens with zero attached hydrogens (tertiary/aromatic N) is 6. The molecule has 0 bridgehead atoms. The van der Waals surface area contributed by atoms with E-state index in [1.165, 1.54) is 0 Å². The van der Waals surface area contributed by atoms with E-state index >= 15 is 0 Å². The van der Waals surface area contributed by atoms with Crippen molar-refractivity contribution in [1.82, 2.24) is 19.5 Å². The molecular weight excluding hydrogens is 555 g/mol. The van der Waals surface area contributed by atoms with Crippen molar-refractivity contribution in [3.05, 3.63) is 61.3 Å². The highest BCUT2D eigenvalue weighted by Gasteiger charge is 2.40. The van der Waals surface area contributed by atoms with Crippen molar-refractivity contribution in [2.24, 2.45) is 4.99 Å². The van der Waals surface area contributed by atoms with Crippen LogP contribution in [0.1, 0.15) is 42.4 Å². The monoisotopic (exact) mass is 574 g/mol. The van der Waals surface area contributed by atoms with Crippen LogP contribution in [0.3, 0.4) is 0 Å². The minimum Gasteiger partial charge on any atom is -0.308 e. The number of aliphatic imine (C=N–C) groups is 1. The molecule has 3 aromatic heterocycles. The molecule has 0 radical (unpaired) electrons. The maximum atomic E-state index is 9.81. The third-order valence-electron chi connectivity index (χ3n) is 5.27. The number of allylic oxidation sites excluding steroid dienone is 1. The van der Waals surface area contributed by atoms with Crippen molar-refractivity contribution in [3.8, 4) is 6.07 Å². The number of hydrogen-bond acceptors (Lipinski definition) is 5. The van der Waals surface area contributed by atoms with Gasteiger partial charge in [-0.15, -0.1) is 0 Å². The number of imidazole rings is 1. The molecule has 0 aromatic carbocycles. The van der Waals surface area contributed by atoms with Crippen molar-refractivity contribution >= 4 is 55.9 Å². The zero-order valence-electron chi connectivity index (χ0n) is 16.7. The molecule has 1 unspecified atom stereocenters. The average Bonchev–Trinajstić information content (AvgIpc) is 3.26. The predicted molar refractivity (Wildman–Crippen MR) is 130 cm³/mol. The summed E-state index contributed by atoms with van der Waals surface area (Å²) in [5.74, 6) is 1.05. The van der Waals surface area contributed by atoms with Crippen molar-refractivity contribution in [2.75, 3.05) is 0 Å². The van der Waals surface area contributed by atoms with Gasteiger partial charge in [0.05, 0.1) is 15.8 Å². The van der Waals surface area contributed by atoms with Crippen LogP contribution < -0.4 is 0 Å². The lowest BCUT2D eigenvalue weighted by atomic mass is 9.97. The topological polar surface area (TPSA) is 79.8 Å². The van der Waals surface area contributed by atoms with Crippen molar-refractivity contribution < 1.29 is 0 Å². The Hall–Kier alpha value is -2.12. The molecule has 30 heavy (non-hydrogen) atoms. The van der Waals surface area contributed by atoms with E-state index < -0.39 is 5.54 Å². The van der Waals surface area contributed by atoms with E-state index in [9.17, 15) is 5.26 Å². The second kappa shape index (κ2) is 8.55. The first kappa shape index (κ1) is 21.1. The van der Waals surface area contributed by atoms with Crippen LogP contribution in [0.2, 0.25) is 0 Å². The smallest absolute Gasteiger partial charge is 0.220 e. The van der Waals surface area contributed by atoms with Crippen LogP contribution in [-0.2, 0) is 18.5 Å². The molecule has 4 heterocycles. The van der Waals surface area contributed by atoms with Crippen molar-refractivity contribution in [3.63, 3.8) is 0 Å². The van der Waals surface area contributed by atoms with Crippen LogP contribution in [0.5, 0.6) is 0 Å². The van der Waals surface area contributed by atoms with Crippen LogP contribution >= 0.6 is 38.5 Å². The number of fused-ring (bicyclic) bond motifs is 1. The molecule has 0 N–H and O–H groups in total. The molecule has 152 valence electrons. The lowest BCUT2D eigenvalue weighted by molar-refractivity contribution is 0.680. The molecule has 3 aromatic rings. The number of hydrogen-bond donors (Lipinski definition) is 0. The van der Waals surface area contributed by atoms with Gasteiger partial charge in [-0.05, 0) is 75.1 Å². The third kappa shape index (κ3) is 3.58. The molecule has 0 amide bonds. The van der Waals surface area contributed by atoms with E-state index in [0.717, 1.165) is 55.4 Å². The van der Waals surface area contributed by atoms with Gasteiger partial charge in [0.2, 0.25) is 5.54 Å². The molecule has 6 nitrogen and oxygen atoms in total. The van der Waals surface area contributed by atoms with E-state index in [1.54, 1.807) is 6.21 Å². The second-order valence-corrected chi connectivity index (χ2v) is 9.24. The number of unbranched alkanes of at least 4 members (excludes halogenated alkanes) is 1. The molecule has 0 fully saturated rings. The molecule has 1 aliphatic heterocycles. The van der Waals surface area contributed by atoms with E-state index in [0.29, 0.717) is 12.2 Å². The SMILES string of the molecule is CCCCc1nc2c(C)ccnc2n1Cc1ccc(C2(C#N)N=CC(Br)=C2I)nc1. The van der Waals surface area contributed by atoms with Crippen LogP contribution in [0.15, 0.2) is 43.6 Å². The molecule has 4 rings (SSSR count). The van der Waals surface area contributed by atoms with Crippen LogP contribution in [0, 0.1) is 18.3 Å². The van der Waals surface area contributed by atoms with E-state index in [-0.39, 0.29) is 0 Å². The van der Waals surface area contributed by atoms with Gasteiger partial charge in [-0.1, -0.05) is 19.4 Å². The molecule has 8 heteroatoms. The Kier molecular flexibility index (Phi) is 6.02. The minimum atomic E-state index is -1.06. The lowest BCUT2D eigenvalue weighted by Crippen LogP contribution is -2.21. The third-order valence-corrected chi connectivity index (χ3v) is 7.97. The summed E-state index contributed by atoms with van der Waals surface area (Å²) < 4.78 is 3.83. The van der Waals surface area contributed by atoms with Gasteiger partial charge in [0, 0.05) is 29.5 Å². The van der Waals surface area contributed by atoms with Crippen LogP contribution in [0.4, 0.5) is 0 Å². The summed E-state index contributed by atoms with van der Waals surface area (Å²) >= 11 is 5.61. The quantitative estimate of drug-likeness (QED) is 0.371. The van der Waals surface area contributed by atoms with Gasteiger partial charge >= 0.3 is 0 Å². The maximum absolute atomic E-state index is 9.81. The number of aromatic nitrogens is 4. The predicted octanol–water partition coefficient (Wildman–Crippen LogP) is 5.37. The molecular formula is C22H20BrIN6. The van der Waals surface area contributed by atoms with Gasteiger partial charge in [-0.3, -0.25) is 9.98 Å². The first-order chi connectivity index (χ1) is 14.5. The van der Waals surface area contributed by atoms with E-state index in [1.807, 2.05) is 30.6 Å². The summed E-state index contributed by atoms with van der Waals surface area (Å²) in [6.45, 7) is 4.89. The summed E-state index contributed by atoms with van der Waals surface area (Å²) in [6.07, 6.45) is 8.45. The summed E-state index contributed by atoms with van der Waals surface area (Å²) in [5, 5.41) is 9.81. The Labute approximate surface area is 197 Å². The molecule has 0 saturated heterocycles. The standard InChI is InChI=1S/C22H20BrIN6/c1-3-4-5-18-29-19-14(2)8-9-26-21(19)30(18)12-15-6-7-17(27-10-15)22(13-25)20(24)16(23)11-28-22/h6-11H,3-5,12H2,1-2H3. The first-order valence-corrected chi connectivity index (χ1v) is 11.7. The number of pyridine rings is 2. The molecule has 0 saturated carbocycles. The zero-order valence-corrected chi connectivity index (χ0v) is 20.5. The van der Waals surface area contributed by atoms with E-state index in [4.69, 9.17) is 4.98 Å². The Balaban J connectivity index is 1.69. The fraction of sp³-hybridized carbons (Fsp3) is 0.318. The number of rotatable bonds is 6. The van der Waals surface area contributed by atoms with Crippen LogP contribution in [-0.4, -0.2) is 25.7 Å². The Morgan fingerprint density at radius 3 is 2.73 bits per heavy atom. The Bertz CT molecular complexity index is 1200. The van der Waals surface area contributed by atoms with Crippen molar-refractivity contribution in [2.45, 2.75) is 45.2 Å². The maximum Gasteiger partial charge on any atom is 0.220 e. The summed E-state index contributed by atoms with van der Waals surface area (Å²) in [7, 11) is 0. The van der Waals surface area contributed by atoms with Gasteiger partial charge in [0.25, 0.3) is 0 Å².